The van der Waals surface area contributed by atoms with Crippen LogP contribution in [0.4, 0.5) is 17.6 Å². The monoisotopic (exact) mass is 318 g/mol. The van der Waals surface area contributed by atoms with Crippen LogP contribution < -0.4 is 4.74 Å². The van der Waals surface area contributed by atoms with Crippen LogP contribution in [0, 0.1) is 18.6 Å². The van der Waals surface area contributed by atoms with Crippen molar-refractivity contribution in [1.29, 1.82) is 0 Å². The number of benzene rings is 2. The minimum Gasteiger partial charge on any atom is -0.434 e. The zero-order valence-electron chi connectivity index (χ0n) is 10.9. The first kappa shape index (κ1) is 15.6. The van der Waals surface area contributed by atoms with E-state index in [1.807, 2.05) is 0 Å². The lowest BCUT2D eigenvalue weighted by Gasteiger charge is -2.16. The third-order valence-corrected chi connectivity index (χ3v) is 3.43. The van der Waals surface area contributed by atoms with E-state index < -0.39 is 23.6 Å². The average molecular weight is 319 g/mol. The van der Waals surface area contributed by atoms with Crippen molar-refractivity contribution >= 4 is 11.6 Å². The Morgan fingerprint density at radius 3 is 2.33 bits per heavy atom. The third kappa shape index (κ3) is 3.47. The second-order valence-corrected chi connectivity index (χ2v) is 4.84. The van der Waals surface area contributed by atoms with Gasteiger partial charge in [0.1, 0.15) is 17.4 Å². The smallest absolute Gasteiger partial charge is 0.387 e. The molecule has 0 bridgehead atoms. The van der Waals surface area contributed by atoms with Crippen molar-refractivity contribution in [1.82, 2.24) is 0 Å². The summed E-state index contributed by atoms with van der Waals surface area (Å²) in [5.74, 6) is -1.50. The fourth-order valence-corrected chi connectivity index (χ4v) is 2.26. The van der Waals surface area contributed by atoms with E-state index in [2.05, 4.69) is 4.74 Å². The molecule has 21 heavy (non-hydrogen) atoms. The lowest BCUT2D eigenvalue weighted by molar-refractivity contribution is -0.0504. The van der Waals surface area contributed by atoms with Gasteiger partial charge in [-0.25, -0.2) is 8.78 Å². The van der Waals surface area contributed by atoms with Crippen molar-refractivity contribution < 1.29 is 22.3 Å². The Balaban J connectivity index is 2.45. The molecule has 2 aromatic rings. The molecular formula is C15H11ClF4O. The number of ether oxygens (including phenoxy) is 1. The van der Waals surface area contributed by atoms with Gasteiger partial charge < -0.3 is 4.74 Å². The van der Waals surface area contributed by atoms with Crippen molar-refractivity contribution in [3.63, 3.8) is 0 Å². The molecule has 1 unspecified atom stereocenters. The summed E-state index contributed by atoms with van der Waals surface area (Å²) in [6.07, 6.45) is 0. The van der Waals surface area contributed by atoms with Gasteiger partial charge in [-0.15, -0.1) is 11.6 Å². The molecule has 0 aromatic heterocycles. The Hall–Kier alpha value is -1.75. The summed E-state index contributed by atoms with van der Waals surface area (Å²) >= 11 is 6.12. The van der Waals surface area contributed by atoms with Crippen LogP contribution in [0.5, 0.6) is 5.75 Å². The zero-order valence-corrected chi connectivity index (χ0v) is 11.7. The van der Waals surface area contributed by atoms with Gasteiger partial charge in [-0.05, 0) is 30.7 Å². The molecule has 0 spiro atoms. The van der Waals surface area contributed by atoms with Gasteiger partial charge in [0.15, 0.2) is 0 Å². The van der Waals surface area contributed by atoms with E-state index in [0.717, 1.165) is 12.1 Å². The Morgan fingerprint density at radius 2 is 1.67 bits per heavy atom. The summed E-state index contributed by atoms with van der Waals surface area (Å²) in [5, 5.41) is -1.14. The summed E-state index contributed by atoms with van der Waals surface area (Å²) in [7, 11) is 0. The maximum Gasteiger partial charge on any atom is 0.387 e. The van der Waals surface area contributed by atoms with E-state index in [1.54, 1.807) is 6.07 Å². The largest absolute Gasteiger partial charge is 0.434 e. The quantitative estimate of drug-likeness (QED) is 0.556. The molecule has 6 heteroatoms. The van der Waals surface area contributed by atoms with Crippen LogP contribution in [0.3, 0.4) is 0 Å². The summed E-state index contributed by atoms with van der Waals surface area (Å²) in [4.78, 5) is 0. The number of aryl methyl sites for hydroxylation is 1. The molecule has 0 N–H and O–H groups in total. The highest BCUT2D eigenvalue weighted by Gasteiger charge is 2.21. The van der Waals surface area contributed by atoms with Gasteiger partial charge in [-0.2, -0.15) is 8.78 Å². The minimum absolute atomic E-state index is 0.134. The number of para-hydroxylation sites is 1. The highest BCUT2D eigenvalue weighted by Crippen LogP contribution is 2.37. The van der Waals surface area contributed by atoms with E-state index in [0.29, 0.717) is 0 Å². The highest BCUT2D eigenvalue weighted by molar-refractivity contribution is 6.22. The maximum atomic E-state index is 13.9. The van der Waals surface area contributed by atoms with Gasteiger partial charge in [0.25, 0.3) is 0 Å². The van der Waals surface area contributed by atoms with E-state index in [1.165, 1.54) is 25.1 Å². The standard InChI is InChI=1S/C15H11ClF4O/c1-8-6-12(18)10(7-11(8)17)14(16)9-4-2-3-5-13(9)21-15(19)20/h2-7,14-15H,1H3. The number of alkyl halides is 3. The number of rotatable bonds is 4. The first-order chi connectivity index (χ1) is 9.90. The Labute approximate surface area is 124 Å². The lowest BCUT2D eigenvalue weighted by Crippen LogP contribution is -2.07. The summed E-state index contributed by atoms with van der Waals surface area (Å²) in [5.41, 5.74) is 0.143. The van der Waals surface area contributed by atoms with Gasteiger partial charge in [0, 0.05) is 11.1 Å². The van der Waals surface area contributed by atoms with E-state index in [-0.39, 0.29) is 22.4 Å². The molecule has 0 fully saturated rings. The molecule has 2 aromatic carbocycles. The fourth-order valence-electron chi connectivity index (χ4n) is 1.92. The average Bonchev–Trinajstić information content (AvgIpc) is 2.42. The molecule has 0 aliphatic carbocycles. The van der Waals surface area contributed by atoms with Crippen molar-refractivity contribution in [2.45, 2.75) is 18.9 Å². The molecule has 0 heterocycles. The Kier molecular flexibility index (Phi) is 4.73. The van der Waals surface area contributed by atoms with Gasteiger partial charge in [0.05, 0.1) is 5.38 Å². The van der Waals surface area contributed by atoms with Crippen molar-refractivity contribution in [3.05, 3.63) is 64.7 Å². The number of hydrogen-bond acceptors (Lipinski definition) is 1. The van der Waals surface area contributed by atoms with E-state index in [9.17, 15) is 17.6 Å². The first-order valence-corrected chi connectivity index (χ1v) is 6.47. The van der Waals surface area contributed by atoms with Crippen LogP contribution in [0.1, 0.15) is 22.1 Å². The third-order valence-electron chi connectivity index (χ3n) is 2.96. The first-order valence-electron chi connectivity index (χ1n) is 6.03. The lowest BCUT2D eigenvalue weighted by atomic mass is 10.0. The molecule has 0 saturated heterocycles. The summed E-state index contributed by atoms with van der Waals surface area (Å²) in [6.45, 7) is -1.62. The molecule has 0 saturated carbocycles. The summed E-state index contributed by atoms with van der Waals surface area (Å²) in [6, 6.07) is 7.71. The molecule has 2 rings (SSSR count). The predicted octanol–water partition coefficient (Wildman–Crippen LogP) is 5.20. The van der Waals surface area contributed by atoms with Gasteiger partial charge >= 0.3 is 6.61 Å². The van der Waals surface area contributed by atoms with Crippen molar-refractivity contribution in [2.75, 3.05) is 0 Å². The van der Waals surface area contributed by atoms with Crippen LogP contribution in [0.25, 0.3) is 0 Å². The minimum atomic E-state index is -3.03. The van der Waals surface area contributed by atoms with Crippen molar-refractivity contribution in [2.24, 2.45) is 0 Å². The second kappa shape index (κ2) is 6.35. The van der Waals surface area contributed by atoms with Crippen LogP contribution in [0.15, 0.2) is 36.4 Å². The fraction of sp³-hybridized carbons (Fsp3) is 0.200. The highest BCUT2D eigenvalue weighted by atomic mass is 35.5. The van der Waals surface area contributed by atoms with Crippen LogP contribution >= 0.6 is 11.6 Å². The van der Waals surface area contributed by atoms with E-state index in [4.69, 9.17) is 11.6 Å². The molecule has 112 valence electrons. The second-order valence-electron chi connectivity index (χ2n) is 4.40. The van der Waals surface area contributed by atoms with Gasteiger partial charge in [-0.3, -0.25) is 0 Å². The molecule has 0 radical (unpaired) electrons. The van der Waals surface area contributed by atoms with Crippen LogP contribution in [-0.4, -0.2) is 6.61 Å². The van der Waals surface area contributed by atoms with Crippen LogP contribution in [0.2, 0.25) is 0 Å². The van der Waals surface area contributed by atoms with Gasteiger partial charge in [0.2, 0.25) is 0 Å². The normalized spacial score (nSPS) is 12.5. The maximum absolute atomic E-state index is 13.9. The van der Waals surface area contributed by atoms with Crippen molar-refractivity contribution in [3.8, 4) is 5.75 Å². The van der Waals surface area contributed by atoms with Gasteiger partial charge in [-0.1, -0.05) is 18.2 Å². The predicted molar refractivity (Wildman–Crippen MR) is 71.9 cm³/mol. The zero-order chi connectivity index (χ0) is 15.6. The number of halogens is 5. The number of hydrogen-bond donors (Lipinski definition) is 0. The Bertz CT molecular complexity index is 646. The molecule has 0 aliphatic heterocycles. The summed E-state index contributed by atoms with van der Waals surface area (Å²) < 4.78 is 56.6. The van der Waals surface area contributed by atoms with Crippen LogP contribution in [-0.2, 0) is 0 Å². The molecule has 0 aliphatic rings. The molecule has 0 amide bonds. The topological polar surface area (TPSA) is 9.23 Å². The SMILES string of the molecule is Cc1cc(F)c(C(Cl)c2ccccc2OC(F)F)cc1F. The molecular weight excluding hydrogens is 308 g/mol. The molecule has 1 atom stereocenters. The Morgan fingerprint density at radius 1 is 1.00 bits per heavy atom. The van der Waals surface area contributed by atoms with E-state index >= 15 is 0 Å². The molecule has 1 nitrogen and oxygen atoms in total.